The van der Waals surface area contributed by atoms with Gasteiger partial charge in [0.15, 0.2) is 0 Å². The largest absolute Gasteiger partial charge is 0.455 e. The van der Waals surface area contributed by atoms with Gasteiger partial charge in [-0.05, 0) is 37.6 Å². The Bertz CT molecular complexity index is 796. The minimum atomic E-state index is -3.18. The minimum Gasteiger partial charge on any atom is -0.455 e. The molecule has 1 aromatic heterocycles. The van der Waals surface area contributed by atoms with Gasteiger partial charge in [-0.1, -0.05) is 18.2 Å². The van der Waals surface area contributed by atoms with Gasteiger partial charge >= 0.3 is 0 Å². The molecule has 0 spiro atoms. The molecule has 0 bridgehead atoms. The van der Waals surface area contributed by atoms with Gasteiger partial charge in [-0.25, -0.2) is 13.1 Å². The average molecular weight is 361 g/mol. The van der Waals surface area contributed by atoms with E-state index in [0.717, 1.165) is 37.2 Å². The number of benzene rings is 1. The van der Waals surface area contributed by atoms with E-state index in [1.165, 1.54) is 6.26 Å². The van der Waals surface area contributed by atoms with Gasteiger partial charge in [-0.15, -0.1) is 0 Å². The molecule has 2 heterocycles. The molecule has 2 aromatic rings. The number of rotatable bonds is 6. The summed E-state index contributed by atoms with van der Waals surface area (Å²) >= 11 is 0. The fourth-order valence-corrected chi connectivity index (χ4v) is 3.91. The summed E-state index contributed by atoms with van der Waals surface area (Å²) in [6.45, 7) is 2.37. The molecule has 0 saturated carbocycles. The average Bonchev–Trinajstić information content (AvgIpc) is 2.56. The van der Waals surface area contributed by atoms with Gasteiger partial charge in [0, 0.05) is 30.9 Å². The number of hydrogen-bond donors (Lipinski definition) is 1. The molecule has 1 aliphatic rings. The Balaban J connectivity index is 1.68. The van der Waals surface area contributed by atoms with E-state index in [1.54, 1.807) is 12.4 Å². The summed E-state index contributed by atoms with van der Waals surface area (Å²) in [6, 6.07) is 11.6. The van der Waals surface area contributed by atoms with Gasteiger partial charge in [0.2, 0.25) is 10.0 Å². The molecule has 1 N–H and O–H groups in total. The highest BCUT2D eigenvalue weighted by atomic mass is 32.2. The van der Waals surface area contributed by atoms with Crippen LogP contribution >= 0.6 is 0 Å². The monoisotopic (exact) mass is 361 g/mol. The maximum Gasteiger partial charge on any atom is 0.208 e. The third-order valence-electron chi connectivity index (χ3n) is 4.12. The highest BCUT2D eigenvalue weighted by molar-refractivity contribution is 7.88. The van der Waals surface area contributed by atoms with Crippen molar-refractivity contribution >= 4 is 10.0 Å². The van der Waals surface area contributed by atoms with E-state index in [-0.39, 0.29) is 6.04 Å². The first kappa shape index (κ1) is 17.8. The van der Waals surface area contributed by atoms with Crippen LogP contribution in [0.5, 0.6) is 11.5 Å². The first-order valence-electron chi connectivity index (χ1n) is 8.35. The second kappa shape index (κ2) is 7.95. The summed E-state index contributed by atoms with van der Waals surface area (Å²) in [4.78, 5) is 6.33. The summed E-state index contributed by atoms with van der Waals surface area (Å²) in [5.74, 6) is 1.50. The molecule has 0 unspecified atom stereocenters. The molecule has 0 aliphatic carbocycles. The first-order chi connectivity index (χ1) is 12.0. The molecule has 1 atom stereocenters. The molecule has 3 rings (SSSR count). The van der Waals surface area contributed by atoms with Crippen LogP contribution in [0.3, 0.4) is 0 Å². The van der Waals surface area contributed by atoms with Crippen LogP contribution < -0.4 is 9.46 Å². The van der Waals surface area contributed by atoms with E-state index in [2.05, 4.69) is 14.6 Å². The van der Waals surface area contributed by atoms with E-state index >= 15 is 0 Å². The van der Waals surface area contributed by atoms with Crippen molar-refractivity contribution in [2.45, 2.75) is 25.4 Å². The number of para-hydroxylation sites is 1. The molecular formula is C18H23N3O3S. The number of nitrogens with zero attached hydrogens (tertiary/aromatic N) is 2. The number of nitrogens with one attached hydrogen (secondary N) is 1. The second-order valence-electron chi connectivity index (χ2n) is 6.36. The predicted molar refractivity (Wildman–Crippen MR) is 97.0 cm³/mol. The fraction of sp³-hybridized carbons (Fsp3) is 0.389. The molecule has 0 amide bonds. The van der Waals surface area contributed by atoms with Crippen LogP contribution in [0.4, 0.5) is 0 Å². The molecule has 25 heavy (non-hydrogen) atoms. The topological polar surface area (TPSA) is 71.5 Å². The zero-order chi connectivity index (χ0) is 17.7. The number of piperidine rings is 1. The van der Waals surface area contributed by atoms with Crippen LogP contribution in [0.2, 0.25) is 0 Å². The number of ether oxygens (including phenoxy) is 1. The van der Waals surface area contributed by atoms with Crippen molar-refractivity contribution in [1.29, 1.82) is 0 Å². The molecule has 7 heteroatoms. The number of sulfonamides is 1. The Morgan fingerprint density at radius 2 is 2.12 bits per heavy atom. The molecule has 0 radical (unpaired) electrons. The van der Waals surface area contributed by atoms with Crippen molar-refractivity contribution in [3.8, 4) is 11.5 Å². The molecule has 1 fully saturated rings. The van der Waals surface area contributed by atoms with Crippen molar-refractivity contribution in [3.63, 3.8) is 0 Å². The van der Waals surface area contributed by atoms with Gasteiger partial charge in [0.05, 0.1) is 12.5 Å². The lowest BCUT2D eigenvalue weighted by Crippen LogP contribution is -2.47. The van der Waals surface area contributed by atoms with Crippen molar-refractivity contribution in [2.75, 3.05) is 19.3 Å². The van der Waals surface area contributed by atoms with Gasteiger partial charge < -0.3 is 4.74 Å². The van der Waals surface area contributed by atoms with Gasteiger partial charge in [0.1, 0.15) is 11.5 Å². The Labute approximate surface area is 148 Å². The Morgan fingerprint density at radius 1 is 1.28 bits per heavy atom. The van der Waals surface area contributed by atoms with Gasteiger partial charge in [0.25, 0.3) is 0 Å². The maximum absolute atomic E-state index is 11.5. The summed E-state index contributed by atoms with van der Waals surface area (Å²) < 4.78 is 31.6. The van der Waals surface area contributed by atoms with Crippen molar-refractivity contribution < 1.29 is 13.2 Å². The number of pyridine rings is 1. The summed E-state index contributed by atoms with van der Waals surface area (Å²) in [5.41, 5.74) is 1.08. The molecule has 134 valence electrons. The highest BCUT2D eigenvalue weighted by Gasteiger charge is 2.23. The Kier molecular flexibility index (Phi) is 5.67. The van der Waals surface area contributed by atoms with Crippen LogP contribution in [-0.4, -0.2) is 43.7 Å². The van der Waals surface area contributed by atoms with Gasteiger partial charge in [-0.3, -0.25) is 9.88 Å². The smallest absolute Gasteiger partial charge is 0.208 e. The highest BCUT2D eigenvalue weighted by Crippen LogP contribution is 2.26. The van der Waals surface area contributed by atoms with E-state index in [9.17, 15) is 8.42 Å². The second-order valence-corrected chi connectivity index (χ2v) is 8.14. The van der Waals surface area contributed by atoms with Crippen LogP contribution in [0.15, 0.2) is 48.8 Å². The molecule has 1 aromatic carbocycles. The van der Waals surface area contributed by atoms with Crippen LogP contribution in [-0.2, 0) is 16.6 Å². The zero-order valence-corrected chi connectivity index (χ0v) is 15.1. The molecule has 6 nitrogen and oxygen atoms in total. The standard InChI is InChI=1S/C18H23N3O3S/c1-25(22,23)20-16-7-5-11-21(14-16)13-15-6-2-3-9-18(15)24-17-8-4-10-19-12-17/h2-4,6,8-10,12,16,20H,5,7,11,13-14H2,1H3/t16-/m1/s1. The molecule has 1 aliphatic heterocycles. The third-order valence-corrected chi connectivity index (χ3v) is 4.88. The number of likely N-dealkylation sites (tertiary alicyclic amines) is 1. The third kappa shape index (κ3) is 5.52. The van der Waals surface area contributed by atoms with Crippen LogP contribution in [0.1, 0.15) is 18.4 Å². The number of hydrogen-bond acceptors (Lipinski definition) is 5. The lowest BCUT2D eigenvalue weighted by atomic mass is 10.1. The van der Waals surface area contributed by atoms with E-state index in [1.807, 2.05) is 36.4 Å². The predicted octanol–water partition coefficient (Wildman–Crippen LogP) is 2.39. The fourth-order valence-electron chi connectivity index (χ4n) is 3.11. The minimum absolute atomic E-state index is 0.0323. The lowest BCUT2D eigenvalue weighted by molar-refractivity contribution is 0.193. The van der Waals surface area contributed by atoms with E-state index in [0.29, 0.717) is 12.3 Å². The first-order valence-corrected chi connectivity index (χ1v) is 10.2. The maximum atomic E-state index is 11.5. The van der Waals surface area contributed by atoms with Crippen molar-refractivity contribution in [2.24, 2.45) is 0 Å². The Hall–Kier alpha value is -1.96. The van der Waals surface area contributed by atoms with Crippen molar-refractivity contribution in [3.05, 3.63) is 54.4 Å². The quantitative estimate of drug-likeness (QED) is 0.855. The normalized spacial score (nSPS) is 18.8. The summed E-state index contributed by atoms with van der Waals surface area (Å²) in [7, 11) is -3.18. The molecular weight excluding hydrogens is 338 g/mol. The van der Waals surface area contributed by atoms with Crippen LogP contribution in [0.25, 0.3) is 0 Å². The summed E-state index contributed by atoms with van der Waals surface area (Å²) in [6.07, 6.45) is 6.45. The van der Waals surface area contributed by atoms with E-state index in [4.69, 9.17) is 4.74 Å². The summed E-state index contributed by atoms with van der Waals surface area (Å²) in [5, 5.41) is 0. The Morgan fingerprint density at radius 3 is 2.88 bits per heavy atom. The van der Waals surface area contributed by atoms with Crippen molar-refractivity contribution in [1.82, 2.24) is 14.6 Å². The SMILES string of the molecule is CS(=O)(=O)N[C@@H]1CCCN(Cc2ccccc2Oc2cccnc2)C1. The van der Waals surface area contributed by atoms with Crippen LogP contribution in [0, 0.1) is 0 Å². The van der Waals surface area contributed by atoms with E-state index < -0.39 is 10.0 Å². The number of aromatic nitrogens is 1. The van der Waals surface area contributed by atoms with Gasteiger partial charge in [-0.2, -0.15) is 0 Å². The molecule has 1 saturated heterocycles. The lowest BCUT2D eigenvalue weighted by Gasteiger charge is -2.33. The zero-order valence-electron chi connectivity index (χ0n) is 14.3.